The quantitative estimate of drug-likeness (QED) is 0.842. The van der Waals surface area contributed by atoms with Crippen molar-refractivity contribution in [3.63, 3.8) is 0 Å². The van der Waals surface area contributed by atoms with Gasteiger partial charge in [0, 0.05) is 31.1 Å². The third kappa shape index (κ3) is 3.37. The molecule has 1 aliphatic heterocycles. The van der Waals surface area contributed by atoms with Crippen molar-refractivity contribution < 1.29 is 9.52 Å². The number of likely N-dealkylation sites (N-methyl/N-ethyl adjacent to an activating group) is 1. The molecule has 0 radical (unpaired) electrons. The molecule has 0 amide bonds. The average Bonchev–Trinajstić information content (AvgIpc) is 2.99. The van der Waals surface area contributed by atoms with E-state index in [9.17, 15) is 0 Å². The lowest BCUT2D eigenvalue weighted by Gasteiger charge is -2.29. The van der Waals surface area contributed by atoms with Crippen molar-refractivity contribution in [3.8, 4) is 0 Å². The third-order valence-electron chi connectivity index (χ3n) is 4.18. The second-order valence-corrected chi connectivity index (χ2v) is 5.96. The Balaban J connectivity index is 1.93. The zero-order chi connectivity index (χ0) is 14.7. The molecule has 1 aliphatic rings. The zero-order valence-corrected chi connectivity index (χ0v) is 12.9. The van der Waals surface area contributed by atoms with Crippen LogP contribution < -0.4 is 0 Å². The second-order valence-electron chi connectivity index (χ2n) is 5.96. The van der Waals surface area contributed by atoms with E-state index < -0.39 is 0 Å². The number of hydrogen-bond acceptors (Lipinski definition) is 6. The Morgan fingerprint density at radius 2 is 2.20 bits per heavy atom. The molecular formula is C14H26N4O2. The Labute approximate surface area is 120 Å². The van der Waals surface area contributed by atoms with Crippen LogP contribution in [0.1, 0.15) is 44.9 Å². The van der Waals surface area contributed by atoms with E-state index in [1.165, 1.54) is 0 Å². The van der Waals surface area contributed by atoms with Crippen molar-refractivity contribution in [2.75, 3.05) is 26.7 Å². The number of likely N-dealkylation sites (tertiary alicyclic amines) is 1. The van der Waals surface area contributed by atoms with Crippen molar-refractivity contribution >= 4 is 0 Å². The van der Waals surface area contributed by atoms with Crippen LogP contribution in [0.4, 0.5) is 0 Å². The minimum absolute atomic E-state index is 0.209. The molecule has 0 aromatic carbocycles. The molecule has 114 valence electrons. The Hall–Kier alpha value is -0.980. The van der Waals surface area contributed by atoms with Crippen LogP contribution in [0.3, 0.4) is 0 Å². The maximum atomic E-state index is 9.05. The van der Waals surface area contributed by atoms with Gasteiger partial charge in [0.2, 0.25) is 11.8 Å². The van der Waals surface area contributed by atoms with Gasteiger partial charge in [0.05, 0.1) is 13.2 Å². The van der Waals surface area contributed by atoms with Gasteiger partial charge in [-0.3, -0.25) is 9.80 Å². The van der Waals surface area contributed by atoms with E-state index >= 15 is 0 Å². The number of aliphatic hydroxyl groups is 1. The molecule has 6 heteroatoms. The molecule has 1 aromatic heterocycles. The molecule has 1 N–H and O–H groups in total. The lowest BCUT2D eigenvalue weighted by molar-refractivity contribution is 0.139. The summed E-state index contributed by atoms with van der Waals surface area (Å²) < 4.78 is 5.68. The first-order valence-electron chi connectivity index (χ1n) is 7.40. The highest BCUT2D eigenvalue weighted by Crippen LogP contribution is 2.24. The van der Waals surface area contributed by atoms with Crippen molar-refractivity contribution in [2.24, 2.45) is 0 Å². The maximum Gasteiger partial charge on any atom is 0.230 e. The highest BCUT2D eigenvalue weighted by molar-refractivity contribution is 4.93. The Bertz CT molecular complexity index is 421. The van der Waals surface area contributed by atoms with Crippen LogP contribution in [0.15, 0.2) is 4.42 Å². The van der Waals surface area contributed by atoms with Gasteiger partial charge in [-0.1, -0.05) is 13.8 Å². The van der Waals surface area contributed by atoms with Crippen LogP contribution in [0.25, 0.3) is 0 Å². The summed E-state index contributed by atoms with van der Waals surface area (Å²) in [4.78, 5) is 4.61. The Kier molecular flexibility index (Phi) is 5.12. The minimum atomic E-state index is 0.209. The van der Waals surface area contributed by atoms with Crippen LogP contribution >= 0.6 is 0 Å². The Morgan fingerprint density at radius 3 is 2.80 bits per heavy atom. The van der Waals surface area contributed by atoms with Crippen LogP contribution in [0.5, 0.6) is 0 Å². The molecule has 2 rings (SSSR count). The highest BCUT2D eigenvalue weighted by Gasteiger charge is 2.33. The summed E-state index contributed by atoms with van der Waals surface area (Å²) in [5.41, 5.74) is 0. The van der Waals surface area contributed by atoms with E-state index in [0.29, 0.717) is 30.4 Å². The predicted octanol–water partition coefficient (Wildman–Crippen LogP) is 1.08. The molecule has 2 heterocycles. The van der Waals surface area contributed by atoms with E-state index in [1.807, 2.05) is 0 Å². The molecule has 0 spiro atoms. The summed E-state index contributed by atoms with van der Waals surface area (Å²) in [7, 11) is 2.07. The normalized spacial score (nSPS) is 24.1. The van der Waals surface area contributed by atoms with Crippen LogP contribution in [0.2, 0.25) is 0 Å². The molecule has 6 nitrogen and oxygen atoms in total. The molecule has 20 heavy (non-hydrogen) atoms. The molecule has 1 aromatic rings. The van der Waals surface area contributed by atoms with E-state index in [0.717, 1.165) is 19.5 Å². The van der Waals surface area contributed by atoms with Crippen molar-refractivity contribution in [1.82, 2.24) is 20.0 Å². The van der Waals surface area contributed by atoms with E-state index in [1.54, 1.807) is 0 Å². The van der Waals surface area contributed by atoms with E-state index in [2.05, 4.69) is 47.8 Å². The molecule has 0 saturated carbocycles. The minimum Gasteiger partial charge on any atom is -0.424 e. The predicted molar refractivity (Wildman–Crippen MR) is 76.4 cm³/mol. The third-order valence-corrected chi connectivity index (χ3v) is 4.18. The van der Waals surface area contributed by atoms with Crippen LogP contribution in [0, 0.1) is 0 Å². The van der Waals surface area contributed by atoms with Crippen LogP contribution in [-0.2, 0) is 6.54 Å². The van der Waals surface area contributed by atoms with E-state index in [-0.39, 0.29) is 12.5 Å². The van der Waals surface area contributed by atoms with Gasteiger partial charge in [0.1, 0.15) is 0 Å². The van der Waals surface area contributed by atoms with Gasteiger partial charge in [-0.25, -0.2) is 0 Å². The first-order valence-corrected chi connectivity index (χ1v) is 7.40. The SMILES string of the molecule is CC(C)c1nnc(CN2CC[C@@H](N(C)CCO)[C@H]2C)o1. The Morgan fingerprint density at radius 1 is 1.45 bits per heavy atom. The molecule has 1 saturated heterocycles. The second kappa shape index (κ2) is 6.65. The van der Waals surface area contributed by atoms with Crippen molar-refractivity contribution in [1.29, 1.82) is 0 Å². The molecule has 0 unspecified atom stereocenters. The monoisotopic (exact) mass is 282 g/mol. The molecule has 0 aliphatic carbocycles. The number of rotatable bonds is 6. The summed E-state index contributed by atoms with van der Waals surface area (Å²) in [6.45, 7) is 9.00. The first kappa shape index (κ1) is 15.4. The summed E-state index contributed by atoms with van der Waals surface area (Å²) in [5, 5.41) is 17.3. The maximum absolute atomic E-state index is 9.05. The fraction of sp³-hybridized carbons (Fsp3) is 0.857. The average molecular weight is 282 g/mol. The van der Waals surface area contributed by atoms with E-state index in [4.69, 9.17) is 9.52 Å². The zero-order valence-electron chi connectivity index (χ0n) is 12.9. The van der Waals surface area contributed by atoms with Gasteiger partial charge >= 0.3 is 0 Å². The van der Waals surface area contributed by atoms with Crippen molar-refractivity contribution in [2.45, 2.75) is 51.7 Å². The first-order chi connectivity index (χ1) is 9.52. The van der Waals surface area contributed by atoms with Gasteiger partial charge in [-0.15, -0.1) is 10.2 Å². The highest BCUT2D eigenvalue weighted by atomic mass is 16.4. The number of nitrogens with zero attached hydrogens (tertiary/aromatic N) is 4. The molecule has 1 fully saturated rings. The van der Waals surface area contributed by atoms with Gasteiger partial charge in [-0.2, -0.15) is 0 Å². The molecule has 0 bridgehead atoms. The lowest BCUT2D eigenvalue weighted by atomic mass is 10.1. The van der Waals surface area contributed by atoms with Gasteiger partial charge in [-0.05, 0) is 20.4 Å². The summed E-state index contributed by atoms with van der Waals surface area (Å²) in [6.07, 6.45) is 1.11. The van der Waals surface area contributed by atoms with Gasteiger partial charge < -0.3 is 9.52 Å². The largest absolute Gasteiger partial charge is 0.424 e. The van der Waals surface area contributed by atoms with Gasteiger partial charge in [0.25, 0.3) is 0 Å². The summed E-state index contributed by atoms with van der Waals surface area (Å²) in [5.74, 6) is 1.68. The summed E-state index contributed by atoms with van der Waals surface area (Å²) >= 11 is 0. The number of aromatic nitrogens is 2. The number of hydrogen-bond donors (Lipinski definition) is 1. The van der Waals surface area contributed by atoms with Gasteiger partial charge in [0.15, 0.2) is 0 Å². The van der Waals surface area contributed by atoms with Crippen molar-refractivity contribution in [3.05, 3.63) is 11.8 Å². The fourth-order valence-electron chi connectivity index (χ4n) is 2.86. The standard InChI is InChI=1S/C14H26N4O2/c1-10(2)14-16-15-13(20-14)9-18-6-5-12(11(18)3)17(4)7-8-19/h10-12,19H,5-9H2,1-4H3/t11-,12-/m1/s1. The molecular weight excluding hydrogens is 256 g/mol. The summed E-state index contributed by atoms with van der Waals surface area (Å²) in [6, 6.07) is 0.913. The number of aliphatic hydroxyl groups excluding tert-OH is 1. The molecule has 2 atom stereocenters. The lowest BCUT2D eigenvalue weighted by Crippen LogP contribution is -2.42. The van der Waals surface area contributed by atoms with Crippen LogP contribution in [-0.4, -0.2) is 63.9 Å². The topological polar surface area (TPSA) is 65.6 Å². The smallest absolute Gasteiger partial charge is 0.230 e. The fourth-order valence-corrected chi connectivity index (χ4v) is 2.86.